The fourth-order valence-electron chi connectivity index (χ4n) is 3.59. The maximum Gasteiger partial charge on any atom is 0.417 e. The Morgan fingerprint density at radius 1 is 1.11 bits per heavy atom. The molecule has 3 aromatic rings. The van der Waals surface area contributed by atoms with Crippen LogP contribution in [0.1, 0.15) is 38.8 Å². The SMILES string of the molecule is COc1ccc2[nH]cc(CC(=O)NC(=N)N(Cc3cc(Cl)c(NC(C)=O)c(Cl)c3)C(=O)OC(C)(C)C)c2c1. The number of nitrogens with one attached hydrogen (secondary N) is 4. The van der Waals surface area contributed by atoms with Crippen LogP contribution in [0.2, 0.25) is 10.0 Å². The van der Waals surface area contributed by atoms with Crippen molar-refractivity contribution in [2.75, 3.05) is 12.4 Å². The number of methoxy groups -OCH3 is 1. The average Bonchev–Trinajstić information content (AvgIpc) is 3.20. The van der Waals surface area contributed by atoms with E-state index in [1.807, 2.05) is 12.1 Å². The predicted molar refractivity (Wildman–Crippen MR) is 147 cm³/mol. The van der Waals surface area contributed by atoms with Crippen LogP contribution in [-0.4, -0.2) is 46.5 Å². The zero-order valence-electron chi connectivity index (χ0n) is 21.6. The standard InChI is InChI=1S/C26H29Cl2N5O5/c1-14(34)31-23-19(27)8-15(9-20(23)28)13-33(25(36)38-26(2,3)4)24(29)32-22(35)10-16-12-30-21-7-6-17(37-5)11-18(16)21/h6-9,11-12,30H,10,13H2,1-5H3,(H,31,34)(H2,29,32,35). The second kappa shape index (κ2) is 11.7. The van der Waals surface area contributed by atoms with E-state index in [1.165, 1.54) is 19.1 Å². The Morgan fingerprint density at radius 3 is 2.34 bits per heavy atom. The van der Waals surface area contributed by atoms with Crippen LogP contribution in [0, 0.1) is 5.41 Å². The Morgan fingerprint density at radius 2 is 1.76 bits per heavy atom. The molecule has 0 saturated heterocycles. The Kier molecular flexibility index (Phi) is 8.90. The van der Waals surface area contributed by atoms with E-state index in [2.05, 4.69) is 15.6 Å². The Hall–Kier alpha value is -3.76. The number of hydrogen-bond acceptors (Lipinski definition) is 6. The van der Waals surface area contributed by atoms with Crippen LogP contribution in [0.5, 0.6) is 5.75 Å². The van der Waals surface area contributed by atoms with Gasteiger partial charge < -0.3 is 19.8 Å². The monoisotopic (exact) mass is 561 g/mol. The first kappa shape index (κ1) is 28.8. The van der Waals surface area contributed by atoms with Crippen LogP contribution in [0.15, 0.2) is 36.5 Å². The van der Waals surface area contributed by atoms with Crippen molar-refractivity contribution in [3.63, 3.8) is 0 Å². The van der Waals surface area contributed by atoms with E-state index in [0.29, 0.717) is 16.9 Å². The van der Waals surface area contributed by atoms with Crippen LogP contribution in [-0.2, 0) is 27.3 Å². The Balaban J connectivity index is 1.82. The molecule has 10 nitrogen and oxygen atoms in total. The van der Waals surface area contributed by atoms with Gasteiger partial charge in [-0.25, -0.2) is 9.69 Å². The van der Waals surface area contributed by atoms with Crippen molar-refractivity contribution >= 4 is 63.7 Å². The number of aromatic amines is 1. The molecule has 4 N–H and O–H groups in total. The fraction of sp³-hybridized carbons (Fsp3) is 0.308. The summed E-state index contributed by atoms with van der Waals surface area (Å²) in [6, 6.07) is 8.47. The highest BCUT2D eigenvalue weighted by molar-refractivity contribution is 6.39. The first-order valence-electron chi connectivity index (χ1n) is 11.6. The molecule has 0 spiro atoms. The lowest BCUT2D eigenvalue weighted by molar-refractivity contribution is -0.119. The van der Waals surface area contributed by atoms with Gasteiger partial charge in [-0.2, -0.15) is 0 Å². The molecule has 3 amide bonds. The highest BCUT2D eigenvalue weighted by atomic mass is 35.5. The van der Waals surface area contributed by atoms with E-state index in [4.69, 9.17) is 38.1 Å². The van der Waals surface area contributed by atoms with E-state index in [0.717, 1.165) is 15.8 Å². The van der Waals surface area contributed by atoms with Gasteiger partial charge in [-0.1, -0.05) is 23.2 Å². The third-order valence-electron chi connectivity index (χ3n) is 5.21. The van der Waals surface area contributed by atoms with Gasteiger partial charge in [0, 0.05) is 24.0 Å². The lowest BCUT2D eigenvalue weighted by atomic mass is 10.1. The predicted octanol–water partition coefficient (Wildman–Crippen LogP) is 5.47. The largest absolute Gasteiger partial charge is 0.497 e. The number of anilines is 1. The molecule has 202 valence electrons. The summed E-state index contributed by atoms with van der Waals surface area (Å²) in [6.45, 7) is 6.20. The quantitative estimate of drug-likeness (QED) is 0.233. The molecule has 1 aromatic heterocycles. The van der Waals surface area contributed by atoms with E-state index in [1.54, 1.807) is 40.1 Å². The molecule has 0 aliphatic rings. The van der Waals surface area contributed by atoms with Crippen LogP contribution in [0.4, 0.5) is 10.5 Å². The van der Waals surface area contributed by atoms with Crippen molar-refractivity contribution in [3.05, 3.63) is 57.7 Å². The number of fused-ring (bicyclic) bond motifs is 1. The van der Waals surface area contributed by atoms with Crippen LogP contribution in [0.3, 0.4) is 0 Å². The third kappa shape index (κ3) is 7.39. The third-order valence-corrected chi connectivity index (χ3v) is 5.81. The summed E-state index contributed by atoms with van der Waals surface area (Å²) in [5.41, 5.74) is 1.35. The van der Waals surface area contributed by atoms with Crippen LogP contribution < -0.4 is 15.4 Å². The highest BCUT2D eigenvalue weighted by Gasteiger charge is 2.27. The number of H-pyrrole nitrogens is 1. The normalized spacial score (nSPS) is 11.1. The first-order valence-corrected chi connectivity index (χ1v) is 12.3. The van der Waals surface area contributed by atoms with Gasteiger partial charge in [-0.3, -0.25) is 20.3 Å². The molecular formula is C26H29Cl2N5O5. The molecule has 0 atom stereocenters. The number of aromatic nitrogens is 1. The molecule has 3 rings (SSSR count). The number of amides is 3. The van der Waals surface area contributed by atoms with Crippen LogP contribution >= 0.6 is 23.2 Å². The molecule has 0 saturated carbocycles. The van der Waals surface area contributed by atoms with Gasteiger partial charge in [-0.15, -0.1) is 0 Å². The zero-order valence-corrected chi connectivity index (χ0v) is 23.1. The maximum absolute atomic E-state index is 13.0. The number of nitrogens with zero attached hydrogens (tertiary/aromatic N) is 1. The number of guanidine groups is 1. The molecule has 0 aliphatic heterocycles. The lowest BCUT2D eigenvalue weighted by Crippen LogP contribution is -2.48. The van der Waals surface area contributed by atoms with Gasteiger partial charge >= 0.3 is 6.09 Å². The summed E-state index contributed by atoms with van der Waals surface area (Å²) in [5.74, 6) is -0.705. The summed E-state index contributed by atoms with van der Waals surface area (Å²) in [5, 5.41) is 14.6. The molecule has 2 aromatic carbocycles. The number of hydrogen-bond donors (Lipinski definition) is 4. The summed E-state index contributed by atoms with van der Waals surface area (Å²) in [7, 11) is 1.56. The average molecular weight is 562 g/mol. The molecule has 0 unspecified atom stereocenters. The Bertz CT molecular complexity index is 1370. The number of rotatable bonds is 6. The number of ether oxygens (including phenoxy) is 2. The fourth-order valence-corrected chi connectivity index (χ4v) is 4.22. The van der Waals surface area contributed by atoms with Crippen molar-refractivity contribution in [2.45, 2.75) is 46.3 Å². The summed E-state index contributed by atoms with van der Waals surface area (Å²) in [6.07, 6.45) is 0.804. The number of halogens is 2. The van der Waals surface area contributed by atoms with E-state index < -0.39 is 23.6 Å². The van der Waals surface area contributed by atoms with Gasteiger partial charge in [0.1, 0.15) is 11.4 Å². The molecule has 12 heteroatoms. The summed E-state index contributed by atoms with van der Waals surface area (Å²) in [4.78, 5) is 41.4. The van der Waals surface area contributed by atoms with Crippen LogP contribution in [0.25, 0.3) is 10.9 Å². The zero-order chi connectivity index (χ0) is 28.2. The minimum Gasteiger partial charge on any atom is -0.497 e. The van der Waals surface area contributed by atoms with E-state index in [9.17, 15) is 14.4 Å². The second-order valence-corrected chi connectivity index (χ2v) is 10.3. The number of carbonyl (C=O) groups is 3. The van der Waals surface area contributed by atoms with Gasteiger partial charge in [-0.05, 0) is 62.2 Å². The molecular weight excluding hydrogens is 533 g/mol. The molecule has 0 radical (unpaired) electrons. The minimum atomic E-state index is -0.854. The first-order chi connectivity index (χ1) is 17.8. The molecule has 0 bridgehead atoms. The topological polar surface area (TPSA) is 137 Å². The van der Waals surface area contributed by atoms with Gasteiger partial charge in [0.2, 0.25) is 17.8 Å². The van der Waals surface area contributed by atoms with E-state index in [-0.39, 0.29) is 34.6 Å². The van der Waals surface area contributed by atoms with Gasteiger partial charge in [0.05, 0.1) is 35.8 Å². The number of benzene rings is 2. The molecule has 38 heavy (non-hydrogen) atoms. The summed E-state index contributed by atoms with van der Waals surface area (Å²) >= 11 is 12.6. The summed E-state index contributed by atoms with van der Waals surface area (Å²) < 4.78 is 10.7. The molecule has 0 fully saturated rings. The Labute approximate surface area is 230 Å². The van der Waals surface area contributed by atoms with Crippen molar-refractivity contribution in [1.82, 2.24) is 15.2 Å². The van der Waals surface area contributed by atoms with E-state index >= 15 is 0 Å². The van der Waals surface area contributed by atoms with Crippen molar-refractivity contribution in [3.8, 4) is 5.75 Å². The number of carbonyl (C=O) groups excluding carboxylic acids is 3. The molecule has 1 heterocycles. The van der Waals surface area contributed by atoms with Gasteiger partial charge in [0.25, 0.3) is 0 Å². The van der Waals surface area contributed by atoms with Crippen molar-refractivity contribution < 1.29 is 23.9 Å². The van der Waals surface area contributed by atoms with Crippen molar-refractivity contribution in [2.24, 2.45) is 0 Å². The molecule has 0 aliphatic carbocycles. The lowest BCUT2D eigenvalue weighted by Gasteiger charge is -2.28. The van der Waals surface area contributed by atoms with Gasteiger partial charge in [0.15, 0.2) is 0 Å². The van der Waals surface area contributed by atoms with Crippen molar-refractivity contribution in [1.29, 1.82) is 5.41 Å². The minimum absolute atomic E-state index is 0.0548. The maximum atomic E-state index is 13.0. The highest BCUT2D eigenvalue weighted by Crippen LogP contribution is 2.32. The second-order valence-electron chi connectivity index (χ2n) is 9.48. The smallest absolute Gasteiger partial charge is 0.417 e.